The summed E-state index contributed by atoms with van der Waals surface area (Å²) in [6.07, 6.45) is 2.79. The van der Waals surface area contributed by atoms with Crippen molar-refractivity contribution in [3.05, 3.63) is 62.7 Å². The predicted molar refractivity (Wildman–Crippen MR) is 99.3 cm³/mol. The lowest BCUT2D eigenvalue weighted by Crippen LogP contribution is -2.22. The van der Waals surface area contributed by atoms with Gasteiger partial charge in [-0.3, -0.25) is 0 Å². The molecule has 1 atom stereocenters. The van der Waals surface area contributed by atoms with Gasteiger partial charge in [0.25, 0.3) is 0 Å². The Morgan fingerprint density at radius 2 is 1.96 bits per heavy atom. The van der Waals surface area contributed by atoms with E-state index in [1.807, 2.05) is 23.7 Å². The van der Waals surface area contributed by atoms with Crippen molar-refractivity contribution in [1.29, 1.82) is 0 Å². The monoisotopic (exact) mass is 360 g/mol. The second-order valence-corrected chi connectivity index (χ2v) is 7.04. The Morgan fingerprint density at radius 1 is 1.08 bits per heavy atom. The first-order chi connectivity index (χ1) is 11.8. The minimum atomic E-state index is 0.202. The third-order valence-corrected chi connectivity index (χ3v) is 5.39. The van der Waals surface area contributed by atoms with E-state index in [0.717, 1.165) is 35.0 Å². The van der Waals surface area contributed by atoms with Gasteiger partial charge in [0.2, 0.25) is 0 Å². The lowest BCUT2D eigenvalue weighted by atomic mass is 10.1. The van der Waals surface area contributed by atoms with Crippen molar-refractivity contribution in [2.45, 2.75) is 19.0 Å². The molecule has 1 aromatic carbocycles. The van der Waals surface area contributed by atoms with Gasteiger partial charge in [-0.25, -0.2) is 4.98 Å². The van der Waals surface area contributed by atoms with Gasteiger partial charge in [0.15, 0.2) is 11.5 Å². The van der Waals surface area contributed by atoms with Crippen LogP contribution in [0.3, 0.4) is 0 Å². The van der Waals surface area contributed by atoms with E-state index >= 15 is 0 Å². The zero-order valence-electron chi connectivity index (χ0n) is 13.7. The van der Waals surface area contributed by atoms with Gasteiger partial charge in [-0.15, -0.1) is 11.3 Å². The SMILES string of the molecule is COc1ccc(CN[C@H](Cc2ccsc2)c2nccs2)cc1OC. The number of hydrogen-bond acceptors (Lipinski definition) is 6. The van der Waals surface area contributed by atoms with Gasteiger partial charge in [-0.2, -0.15) is 11.3 Å². The molecule has 0 saturated carbocycles. The van der Waals surface area contributed by atoms with Crippen LogP contribution in [0.5, 0.6) is 11.5 Å². The fraction of sp³-hybridized carbons (Fsp3) is 0.278. The molecule has 0 aliphatic rings. The highest BCUT2D eigenvalue weighted by Crippen LogP contribution is 2.28. The molecular formula is C18H20N2O2S2. The molecule has 0 aliphatic heterocycles. The molecule has 2 heterocycles. The summed E-state index contributed by atoms with van der Waals surface area (Å²) in [7, 11) is 3.30. The smallest absolute Gasteiger partial charge is 0.161 e. The molecule has 24 heavy (non-hydrogen) atoms. The van der Waals surface area contributed by atoms with E-state index in [4.69, 9.17) is 9.47 Å². The molecule has 6 heteroatoms. The Morgan fingerprint density at radius 3 is 2.62 bits per heavy atom. The van der Waals surface area contributed by atoms with Crippen LogP contribution in [0, 0.1) is 0 Å². The molecule has 3 rings (SSSR count). The molecule has 0 spiro atoms. The number of nitrogens with one attached hydrogen (secondary N) is 1. The van der Waals surface area contributed by atoms with E-state index in [9.17, 15) is 0 Å². The zero-order valence-corrected chi connectivity index (χ0v) is 15.3. The van der Waals surface area contributed by atoms with Crippen LogP contribution in [0.1, 0.15) is 22.2 Å². The van der Waals surface area contributed by atoms with E-state index in [1.165, 1.54) is 5.56 Å². The fourth-order valence-electron chi connectivity index (χ4n) is 2.53. The van der Waals surface area contributed by atoms with Crippen molar-refractivity contribution in [3.8, 4) is 11.5 Å². The molecule has 0 unspecified atom stereocenters. The Labute approximate surface area is 150 Å². The maximum absolute atomic E-state index is 5.38. The van der Waals surface area contributed by atoms with Gasteiger partial charge in [-0.05, 0) is 46.5 Å². The van der Waals surface area contributed by atoms with Gasteiger partial charge < -0.3 is 14.8 Å². The Bertz CT molecular complexity index is 742. The summed E-state index contributed by atoms with van der Waals surface area (Å²) in [5.74, 6) is 1.50. The normalized spacial score (nSPS) is 12.1. The van der Waals surface area contributed by atoms with E-state index in [-0.39, 0.29) is 6.04 Å². The van der Waals surface area contributed by atoms with Gasteiger partial charge in [-0.1, -0.05) is 6.07 Å². The lowest BCUT2D eigenvalue weighted by Gasteiger charge is -2.17. The van der Waals surface area contributed by atoms with Crippen molar-refractivity contribution in [3.63, 3.8) is 0 Å². The van der Waals surface area contributed by atoms with Crippen molar-refractivity contribution in [2.75, 3.05) is 14.2 Å². The quantitative estimate of drug-likeness (QED) is 0.651. The van der Waals surface area contributed by atoms with Crippen LogP contribution < -0.4 is 14.8 Å². The van der Waals surface area contributed by atoms with Crippen molar-refractivity contribution in [2.24, 2.45) is 0 Å². The molecule has 0 aliphatic carbocycles. The Balaban J connectivity index is 1.71. The van der Waals surface area contributed by atoms with Crippen molar-refractivity contribution in [1.82, 2.24) is 10.3 Å². The highest BCUT2D eigenvalue weighted by molar-refractivity contribution is 7.09. The van der Waals surface area contributed by atoms with Crippen LogP contribution in [-0.2, 0) is 13.0 Å². The second kappa shape index (κ2) is 8.28. The summed E-state index contributed by atoms with van der Waals surface area (Å²) in [4.78, 5) is 4.49. The number of methoxy groups -OCH3 is 2. The van der Waals surface area contributed by atoms with Crippen LogP contribution in [-0.4, -0.2) is 19.2 Å². The highest BCUT2D eigenvalue weighted by Gasteiger charge is 2.15. The van der Waals surface area contributed by atoms with Crippen LogP contribution in [0.4, 0.5) is 0 Å². The minimum absolute atomic E-state index is 0.202. The van der Waals surface area contributed by atoms with E-state index in [2.05, 4.69) is 33.2 Å². The Kier molecular flexibility index (Phi) is 5.85. The maximum Gasteiger partial charge on any atom is 0.161 e. The number of nitrogens with zero attached hydrogens (tertiary/aromatic N) is 1. The summed E-state index contributed by atoms with van der Waals surface area (Å²) in [5.41, 5.74) is 2.49. The molecule has 126 valence electrons. The third-order valence-electron chi connectivity index (χ3n) is 3.77. The number of benzene rings is 1. The second-order valence-electron chi connectivity index (χ2n) is 5.33. The topological polar surface area (TPSA) is 43.4 Å². The van der Waals surface area contributed by atoms with Crippen molar-refractivity contribution >= 4 is 22.7 Å². The van der Waals surface area contributed by atoms with Crippen LogP contribution in [0.2, 0.25) is 0 Å². The number of aromatic nitrogens is 1. The molecule has 1 N–H and O–H groups in total. The summed E-state index contributed by atoms with van der Waals surface area (Å²) in [6, 6.07) is 8.37. The van der Waals surface area contributed by atoms with Gasteiger partial charge >= 0.3 is 0 Å². The maximum atomic E-state index is 5.38. The third kappa shape index (κ3) is 4.14. The number of thiophene rings is 1. The summed E-state index contributed by atoms with van der Waals surface area (Å²) in [5, 5.41) is 11.1. The van der Waals surface area contributed by atoms with Gasteiger partial charge in [0.1, 0.15) is 5.01 Å². The van der Waals surface area contributed by atoms with Crippen LogP contribution in [0.15, 0.2) is 46.6 Å². The summed E-state index contributed by atoms with van der Waals surface area (Å²) in [6.45, 7) is 0.745. The molecule has 2 aromatic heterocycles. The molecule has 0 radical (unpaired) electrons. The predicted octanol–water partition coefficient (Wildman–Crippen LogP) is 4.30. The number of ether oxygens (including phenoxy) is 2. The van der Waals surface area contributed by atoms with Gasteiger partial charge in [0.05, 0.1) is 20.3 Å². The standard InChI is InChI=1S/C18H20N2O2S2/c1-21-16-4-3-13(10-17(16)22-2)11-20-15(18-19-6-8-24-18)9-14-5-7-23-12-14/h3-8,10,12,15,20H,9,11H2,1-2H3/t15-/m1/s1. The molecule has 0 saturated heterocycles. The van der Waals surface area contributed by atoms with Crippen LogP contribution in [0.25, 0.3) is 0 Å². The summed E-state index contributed by atoms with van der Waals surface area (Å²) < 4.78 is 10.7. The summed E-state index contributed by atoms with van der Waals surface area (Å²) >= 11 is 3.41. The number of rotatable bonds is 8. The van der Waals surface area contributed by atoms with Gasteiger partial charge in [0, 0.05) is 18.1 Å². The highest BCUT2D eigenvalue weighted by atomic mass is 32.1. The average Bonchev–Trinajstić information content (AvgIpc) is 3.31. The number of thiazole rings is 1. The molecule has 0 amide bonds. The first-order valence-electron chi connectivity index (χ1n) is 7.65. The molecule has 0 fully saturated rings. The van der Waals surface area contributed by atoms with Crippen LogP contribution >= 0.6 is 22.7 Å². The Hall–Kier alpha value is -1.89. The average molecular weight is 361 g/mol. The lowest BCUT2D eigenvalue weighted by molar-refractivity contribution is 0.354. The van der Waals surface area contributed by atoms with Crippen molar-refractivity contribution < 1.29 is 9.47 Å². The van der Waals surface area contributed by atoms with E-state index in [1.54, 1.807) is 36.9 Å². The van der Waals surface area contributed by atoms with E-state index < -0.39 is 0 Å². The first-order valence-corrected chi connectivity index (χ1v) is 9.47. The molecular weight excluding hydrogens is 340 g/mol. The minimum Gasteiger partial charge on any atom is -0.493 e. The molecule has 4 nitrogen and oxygen atoms in total. The number of hydrogen-bond donors (Lipinski definition) is 1. The fourth-order valence-corrected chi connectivity index (χ4v) is 3.92. The van der Waals surface area contributed by atoms with E-state index in [0.29, 0.717) is 0 Å². The largest absolute Gasteiger partial charge is 0.493 e. The zero-order chi connectivity index (χ0) is 16.8. The first kappa shape index (κ1) is 17.0. The molecule has 0 bridgehead atoms. The molecule has 3 aromatic rings.